The fourth-order valence-electron chi connectivity index (χ4n) is 7.53. The zero-order valence-electron chi connectivity index (χ0n) is 15.3. The minimum absolute atomic E-state index is 0.0174. The van der Waals surface area contributed by atoms with Gasteiger partial charge in [0, 0.05) is 31.1 Å². The van der Waals surface area contributed by atoms with Gasteiger partial charge in [-0.05, 0) is 67.6 Å². The van der Waals surface area contributed by atoms with E-state index in [0.717, 1.165) is 32.1 Å². The molecular formula is C21H30O3. The van der Waals surface area contributed by atoms with E-state index in [2.05, 4.69) is 13.8 Å². The topological polar surface area (TPSA) is 51.2 Å². The fraction of sp³-hybridized carbons (Fsp3) is 0.857. The third-order valence-electron chi connectivity index (χ3n) is 8.66. The van der Waals surface area contributed by atoms with E-state index >= 15 is 0 Å². The van der Waals surface area contributed by atoms with Crippen LogP contribution in [-0.2, 0) is 14.4 Å². The van der Waals surface area contributed by atoms with Gasteiger partial charge in [0.2, 0.25) is 0 Å². The van der Waals surface area contributed by atoms with Crippen LogP contribution in [0.2, 0.25) is 0 Å². The number of ketones is 3. The van der Waals surface area contributed by atoms with Crippen LogP contribution in [0.25, 0.3) is 0 Å². The molecule has 0 heterocycles. The number of carbonyl (C=O) groups is 3. The normalized spacial score (nSPS) is 50.9. The highest BCUT2D eigenvalue weighted by atomic mass is 16.1. The highest BCUT2D eigenvalue weighted by molar-refractivity contribution is 5.87. The van der Waals surface area contributed by atoms with Gasteiger partial charge in [0.15, 0.2) is 0 Å². The highest BCUT2D eigenvalue weighted by Crippen LogP contribution is 2.66. The molecule has 4 aliphatic rings. The van der Waals surface area contributed by atoms with E-state index in [9.17, 15) is 14.4 Å². The van der Waals surface area contributed by atoms with E-state index in [1.54, 1.807) is 6.92 Å². The number of hydrogen-bond acceptors (Lipinski definition) is 3. The van der Waals surface area contributed by atoms with Gasteiger partial charge in [-0.3, -0.25) is 14.4 Å². The highest BCUT2D eigenvalue weighted by Gasteiger charge is 2.63. The molecule has 7 atom stereocenters. The predicted octanol–water partition coefficient (Wildman–Crippen LogP) is 3.98. The molecule has 0 aromatic heterocycles. The molecule has 0 bridgehead atoms. The summed E-state index contributed by atoms with van der Waals surface area (Å²) in [7, 11) is 0. The van der Waals surface area contributed by atoms with Crippen molar-refractivity contribution in [3.63, 3.8) is 0 Å². The molecule has 0 amide bonds. The van der Waals surface area contributed by atoms with Crippen molar-refractivity contribution in [2.45, 2.75) is 72.1 Å². The van der Waals surface area contributed by atoms with E-state index in [-0.39, 0.29) is 28.4 Å². The second-order valence-electron chi connectivity index (χ2n) is 9.66. The minimum Gasteiger partial charge on any atom is -0.300 e. The monoisotopic (exact) mass is 330 g/mol. The molecule has 3 heteroatoms. The molecule has 0 radical (unpaired) electrons. The summed E-state index contributed by atoms with van der Waals surface area (Å²) >= 11 is 0. The number of Topliss-reactive ketones (excluding diaryl/α,β-unsaturated/α-hetero) is 3. The molecule has 0 aromatic rings. The van der Waals surface area contributed by atoms with Crippen LogP contribution in [0, 0.1) is 40.4 Å². The molecule has 4 saturated carbocycles. The lowest BCUT2D eigenvalue weighted by Crippen LogP contribution is -2.57. The zero-order valence-corrected chi connectivity index (χ0v) is 15.3. The van der Waals surface area contributed by atoms with Crippen molar-refractivity contribution >= 4 is 17.3 Å². The minimum atomic E-state index is -0.113. The summed E-state index contributed by atoms with van der Waals surface area (Å²) in [6, 6.07) is 0. The third kappa shape index (κ3) is 2.05. The predicted molar refractivity (Wildman–Crippen MR) is 91.3 cm³/mol. The van der Waals surface area contributed by atoms with E-state index < -0.39 is 0 Å². The average Bonchev–Trinajstić information content (AvgIpc) is 2.84. The second kappa shape index (κ2) is 5.25. The number of fused-ring (bicyclic) bond motifs is 5. The van der Waals surface area contributed by atoms with Gasteiger partial charge in [0.1, 0.15) is 17.3 Å². The molecule has 3 nitrogen and oxygen atoms in total. The first-order valence-corrected chi connectivity index (χ1v) is 9.82. The van der Waals surface area contributed by atoms with Gasteiger partial charge in [-0.25, -0.2) is 0 Å². The van der Waals surface area contributed by atoms with Crippen LogP contribution < -0.4 is 0 Å². The number of hydrogen-bond donors (Lipinski definition) is 0. The summed E-state index contributed by atoms with van der Waals surface area (Å²) in [5, 5.41) is 0. The molecule has 4 aliphatic carbocycles. The Morgan fingerprint density at radius 1 is 1.04 bits per heavy atom. The Bertz CT molecular complexity index is 608. The summed E-state index contributed by atoms with van der Waals surface area (Å²) in [6.45, 7) is 6.21. The van der Waals surface area contributed by atoms with Crippen molar-refractivity contribution in [2.75, 3.05) is 0 Å². The molecule has 0 unspecified atom stereocenters. The smallest absolute Gasteiger partial charge is 0.137 e. The lowest BCUT2D eigenvalue weighted by molar-refractivity contribution is -0.161. The standard InChI is InChI=1S/C21H30O3/c1-12(22)16-6-7-17-15-5-4-13-10-14(23)8-9-20(13,2)19(15)18(24)11-21(16,17)3/h13,15-17,19H,4-11H2,1-3H3/t13-,15-,16-,17-,19-,20-,21+/m0/s1. The van der Waals surface area contributed by atoms with Crippen molar-refractivity contribution in [3.8, 4) is 0 Å². The van der Waals surface area contributed by atoms with E-state index in [1.807, 2.05) is 0 Å². The van der Waals surface area contributed by atoms with E-state index in [0.29, 0.717) is 48.6 Å². The Morgan fingerprint density at radius 2 is 1.79 bits per heavy atom. The maximum Gasteiger partial charge on any atom is 0.137 e. The first-order valence-electron chi connectivity index (χ1n) is 9.82. The van der Waals surface area contributed by atoms with Gasteiger partial charge < -0.3 is 0 Å². The van der Waals surface area contributed by atoms with Gasteiger partial charge in [-0.15, -0.1) is 0 Å². The first-order chi connectivity index (χ1) is 11.3. The van der Waals surface area contributed by atoms with Crippen molar-refractivity contribution in [2.24, 2.45) is 40.4 Å². The van der Waals surface area contributed by atoms with E-state index in [1.165, 1.54) is 0 Å². The van der Waals surface area contributed by atoms with Crippen LogP contribution in [0.3, 0.4) is 0 Å². The van der Waals surface area contributed by atoms with Crippen LogP contribution >= 0.6 is 0 Å². The van der Waals surface area contributed by atoms with E-state index in [4.69, 9.17) is 0 Å². The Hall–Kier alpha value is -0.990. The maximum atomic E-state index is 13.3. The number of carbonyl (C=O) groups excluding carboxylic acids is 3. The van der Waals surface area contributed by atoms with Crippen molar-refractivity contribution in [1.82, 2.24) is 0 Å². The maximum absolute atomic E-state index is 13.3. The molecule has 0 spiro atoms. The molecule has 0 saturated heterocycles. The molecule has 0 aromatic carbocycles. The summed E-state index contributed by atoms with van der Waals surface area (Å²) in [5.74, 6) is 2.63. The SMILES string of the molecule is CC(=O)[C@@H]1CC[C@H]2[C@@H]3CC[C@H]4CC(=O)CC[C@]4(C)[C@@H]3C(=O)C[C@]12C. The summed E-state index contributed by atoms with van der Waals surface area (Å²) in [4.78, 5) is 37.4. The van der Waals surface area contributed by atoms with Gasteiger partial charge >= 0.3 is 0 Å². The van der Waals surface area contributed by atoms with Gasteiger partial charge in [-0.1, -0.05) is 13.8 Å². The Labute approximate surface area is 144 Å². The van der Waals surface area contributed by atoms with Gasteiger partial charge in [0.25, 0.3) is 0 Å². The molecule has 24 heavy (non-hydrogen) atoms. The van der Waals surface area contributed by atoms with Crippen LogP contribution in [0.15, 0.2) is 0 Å². The summed E-state index contributed by atoms with van der Waals surface area (Å²) in [5.41, 5.74) is -0.0959. The Morgan fingerprint density at radius 3 is 2.50 bits per heavy atom. The lowest BCUT2D eigenvalue weighted by atomic mass is 9.44. The molecule has 4 fully saturated rings. The first kappa shape index (κ1) is 16.5. The van der Waals surface area contributed by atoms with Crippen LogP contribution in [0.4, 0.5) is 0 Å². The second-order valence-corrected chi connectivity index (χ2v) is 9.66. The van der Waals surface area contributed by atoms with Crippen LogP contribution in [-0.4, -0.2) is 17.3 Å². The Kier molecular flexibility index (Phi) is 3.61. The largest absolute Gasteiger partial charge is 0.300 e. The van der Waals surface area contributed by atoms with Crippen molar-refractivity contribution in [1.29, 1.82) is 0 Å². The summed E-state index contributed by atoms with van der Waals surface area (Å²) < 4.78 is 0. The van der Waals surface area contributed by atoms with Crippen LogP contribution in [0.1, 0.15) is 72.1 Å². The molecule has 0 aliphatic heterocycles. The van der Waals surface area contributed by atoms with Gasteiger partial charge in [0.05, 0.1) is 0 Å². The lowest BCUT2D eigenvalue weighted by Gasteiger charge is -2.59. The fourth-order valence-corrected chi connectivity index (χ4v) is 7.53. The van der Waals surface area contributed by atoms with Crippen molar-refractivity contribution < 1.29 is 14.4 Å². The molecule has 4 rings (SSSR count). The molecular weight excluding hydrogens is 300 g/mol. The van der Waals surface area contributed by atoms with Crippen LogP contribution in [0.5, 0.6) is 0 Å². The zero-order chi connectivity index (χ0) is 17.3. The molecule has 0 N–H and O–H groups in total. The number of rotatable bonds is 1. The van der Waals surface area contributed by atoms with Crippen molar-refractivity contribution in [3.05, 3.63) is 0 Å². The van der Waals surface area contributed by atoms with Gasteiger partial charge in [-0.2, -0.15) is 0 Å². The third-order valence-corrected chi connectivity index (χ3v) is 8.66. The Balaban J connectivity index is 1.69. The summed E-state index contributed by atoms with van der Waals surface area (Å²) in [6.07, 6.45) is 7.05. The average molecular weight is 330 g/mol. The quantitative estimate of drug-likeness (QED) is 0.730. The molecule has 132 valence electrons.